The van der Waals surface area contributed by atoms with Gasteiger partial charge in [0.1, 0.15) is 5.76 Å². The Morgan fingerprint density at radius 1 is 1.60 bits per heavy atom. The summed E-state index contributed by atoms with van der Waals surface area (Å²) in [4.78, 5) is 13.6. The molecule has 2 rings (SSSR count). The van der Waals surface area contributed by atoms with Crippen molar-refractivity contribution in [1.29, 1.82) is 0 Å². The second kappa shape index (κ2) is 4.49. The zero-order valence-electron chi connectivity index (χ0n) is 8.69. The standard InChI is InChI=1S/C11H16N2O2/c12-6-5-11(14)13(9-3-4-9)8-10-2-1-7-15-10/h1-2,7,9H,3-6,8,12H2. The lowest BCUT2D eigenvalue weighted by molar-refractivity contribution is -0.132. The molecule has 1 aromatic heterocycles. The Hall–Kier alpha value is -1.29. The molecule has 4 nitrogen and oxygen atoms in total. The molecule has 1 aliphatic rings. The van der Waals surface area contributed by atoms with E-state index in [1.165, 1.54) is 0 Å². The molecule has 1 aromatic rings. The molecular formula is C11H16N2O2. The fourth-order valence-corrected chi connectivity index (χ4v) is 1.64. The summed E-state index contributed by atoms with van der Waals surface area (Å²) in [6.45, 7) is 0.997. The van der Waals surface area contributed by atoms with E-state index in [1.54, 1.807) is 6.26 Å². The Balaban J connectivity index is 1.97. The highest BCUT2D eigenvalue weighted by Crippen LogP contribution is 2.28. The second-order valence-corrected chi connectivity index (χ2v) is 3.87. The van der Waals surface area contributed by atoms with Gasteiger partial charge in [-0.2, -0.15) is 0 Å². The smallest absolute Gasteiger partial charge is 0.224 e. The van der Waals surface area contributed by atoms with E-state index >= 15 is 0 Å². The van der Waals surface area contributed by atoms with Crippen LogP contribution in [0.2, 0.25) is 0 Å². The van der Waals surface area contributed by atoms with Gasteiger partial charge in [-0.1, -0.05) is 0 Å². The van der Waals surface area contributed by atoms with E-state index in [2.05, 4.69) is 0 Å². The molecule has 1 saturated carbocycles. The van der Waals surface area contributed by atoms with Crippen LogP contribution in [0, 0.1) is 0 Å². The quantitative estimate of drug-likeness (QED) is 0.788. The number of amides is 1. The first kappa shape index (κ1) is 10.2. The summed E-state index contributed by atoms with van der Waals surface area (Å²) in [5.74, 6) is 0.976. The largest absolute Gasteiger partial charge is 0.467 e. The van der Waals surface area contributed by atoms with Crippen LogP contribution >= 0.6 is 0 Å². The highest BCUT2D eigenvalue weighted by atomic mass is 16.3. The minimum atomic E-state index is 0.136. The van der Waals surface area contributed by atoms with Crippen molar-refractivity contribution in [3.63, 3.8) is 0 Å². The minimum Gasteiger partial charge on any atom is -0.467 e. The molecule has 4 heteroatoms. The van der Waals surface area contributed by atoms with Crippen molar-refractivity contribution in [1.82, 2.24) is 4.90 Å². The Bertz CT molecular complexity index is 317. The Kier molecular flexibility index (Phi) is 3.06. The van der Waals surface area contributed by atoms with Gasteiger partial charge in [0.25, 0.3) is 0 Å². The fourth-order valence-electron chi connectivity index (χ4n) is 1.64. The Morgan fingerprint density at radius 2 is 2.40 bits per heavy atom. The summed E-state index contributed by atoms with van der Waals surface area (Å²) in [5.41, 5.74) is 5.39. The van der Waals surface area contributed by atoms with Gasteiger partial charge in [0, 0.05) is 19.0 Å². The highest BCUT2D eigenvalue weighted by Gasteiger charge is 2.32. The van der Waals surface area contributed by atoms with E-state index < -0.39 is 0 Å². The molecule has 0 atom stereocenters. The third kappa shape index (κ3) is 2.59. The van der Waals surface area contributed by atoms with Gasteiger partial charge in [-0.05, 0) is 25.0 Å². The topological polar surface area (TPSA) is 59.5 Å². The van der Waals surface area contributed by atoms with Crippen LogP contribution in [-0.4, -0.2) is 23.4 Å². The maximum absolute atomic E-state index is 11.8. The van der Waals surface area contributed by atoms with Crippen LogP contribution in [0.3, 0.4) is 0 Å². The van der Waals surface area contributed by atoms with Gasteiger partial charge in [-0.25, -0.2) is 0 Å². The lowest BCUT2D eigenvalue weighted by atomic mass is 10.3. The SMILES string of the molecule is NCCC(=O)N(Cc1ccco1)C1CC1. The van der Waals surface area contributed by atoms with Crippen LogP contribution in [0.1, 0.15) is 25.0 Å². The number of carbonyl (C=O) groups excluding carboxylic acids is 1. The lowest BCUT2D eigenvalue weighted by Crippen LogP contribution is -2.33. The van der Waals surface area contributed by atoms with Crippen molar-refractivity contribution in [2.45, 2.75) is 31.8 Å². The first-order chi connectivity index (χ1) is 7.31. The van der Waals surface area contributed by atoms with Gasteiger partial charge in [0.05, 0.1) is 12.8 Å². The fraction of sp³-hybridized carbons (Fsp3) is 0.545. The van der Waals surface area contributed by atoms with Crippen molar-refractivity contribution < 1.29 is 9.21 Å². The average Bonchev–Trinajstić information content (AvgIpc) is 2.93. The zero-order valence-corrected chi connectivity index (χ0v) is 8.69. The molecule has 1 heterocycles. The molecule has 2 N–H and O–H groups in total. The molecule has 0 radical (unpaired) electrons. The van der Waals surface area contributed by atoms with Crippen LogP contribution in [0.15, 0.2) is 22.8 Å². The zero-order chi connectivity index (χ0) is 10.7. The predicted octanol–water partition coefficient (Wildman–Crippen LogP) is 1.12. The highest BCUT2D eigenvalue weighted by molar-refractivity contribution is 5.77. The average molecular weight is 208 g/mol. The van der Waals surface area contributed by atoms with Crippen molar-refractivity contribution in [3.05, 3.63) is 24.2 Å². The first-order valence-corrected chi connectivity index (χ1v) is 5.33. The normalized spacial score (nSPS) is 15.3. The molecule has 0 aliphatic heterocycles. The maximum Gasteiger partial charge on any atom is 0.224 e. The molecule has 0 saturated heterocycles. The Morgan fingerprint density at radius 3 is 2.93 bits per heavy atom. The second-order valence-electron chi connectivity index (χ2n) is 3.87. The molecule has 1 amide bonds. The maximum atomic E-state index is 11.8. The molecule has 15 heavy (non-hydrogen) atoms. The van der Waals surface area contributed by atoms with Gasteiger partial charge in [0.2, 0.25) is 5.91 Å². The number of carbonyl (C=O) groups is 1. The number of nitrogens with two attached hydrogens (primary N) is 1. The number of rotatable bonds is 5. The van der Waals surface area contributed by atoms with E-state index in [1.807, 2.05) is 17.0 Å². The summed E-state index contributed by atoms with van der Waals surface area (Å²) in [7, 11) is 0. The van der Waals surface area contributed by atoms with Crippen molar-refractivity contribution >= 4 is 5.91 Å². The van der Waals surface area contributed by atoms with Crippen LogP contribution in [0.4, 0.5) is 0 Å². The number of hydrogen-bond acceptors (Lipinski definition) is 3. The van der Waals surface area contributed by atoms with E-state index in [0.717, 1.165) is 18.6 Å². The molecule has 1 aliphatic carbocycles. The molecule has 0 unspecified atom stereocenters. The predicted molar refractivity (Wildman–Crippen MR) is 56.0 cm³/mol. The van der Waals surface area contributed by atoms with Gasteiger partial charge in [0.15, 0.2) is 0 Å². The van der Waals surface area contributed by atoms with Gasteiger partial charge in [-0.3, -0.25) is 4.79 Å². The van der Waals surface area contributed by atoms with Crippen LogP contribution in [-0.2, 0) is 11.3 Å². The van der Waals surface area contributed by atoms with E-state index in [-0.39, 0.29) is 5.91 Å². The van der Waals surface area contributed by atoms with Crippen molar-refractivity contribution in [2.75, 3.05) is 6.54 Å². The van der Waals surface area contributed by atoms with E-state index in [9.17, 15) is 4.79 Å². The summed E-state index contributed by atoms with van der Waals surface area (Å²) >= 11 is 0. The lowest BCUT2D eigenvalue weighted by Gasteiger charge is -2.20. The summed E-state index contributed by atoms with van der Waals surface area (Å²) in [6.07, 6.45) is 4.28. The molecular weight excluding hydrogens is 192 g/mol. The molecule has 1 fully saturated rings. The van der Waals surface area contributed by atoms with Gasteiger partial charge < -0.3 is 15.1 Å². The van der Waals surface area contributed by atoms with Gasteiger partial charge >= 0.3 is 0 Å². The number of nitrogens with zero attached hydrogens (tertiary/aromatic N) is 1. The minimum absolute atomic E-state index is 0.136. The number of furan rings is 1. The van der Waals surface area contributed by atoms with Crippen LogP contribution in [0.5, 0.6) is 0 Å². The first-order valence-electron chi connectivity index (χ1n) is 5.33. The summed E-state index contributed by atoms with van der Waals surface area (Å²) in [5, 5.41) is 0. The molecule has 0 aromatic carbocycles. The third-order valence-electron chi connectivity index (χ3n) is 2.57. The van der Waals surface area contributed by atoms with Crippen LogP contribution < -0.4 is 5.73 Å². The number of hydrogen-bond donors (Lipinski definition) is 1. The summed E-state index contributed by atoms with van der Waals surface area (Å²) < 4.78 is 5.25. The molecule has 0 bridgehead atoms. The van der Waals surface area contributed by atoms with E-state index in [0.29, 0.717) is 25.6 Å². The van der Waals surface area contributed by atoms with Gasteiger partial charge in [-0.15, -0.1) is 0 Å². The van der Waals surface area contributed by atoms with Crippen molar-refractivity contribution in [2.24, 2.45) is 5.73 Å². The van der Waals surface area contributed by atoms with E-state index in [4.69, 9.17) is 10.2 Å². The molecule has 82 valence electrons. The Labute approximate surface area is 89.0 Å². The third-order valence-corrected chi connectivity index (χ3v) is 2.57. The molecule has 0 spiro atoms. The van der Waals surface area contributed by atoms with Crippen LogP contribution in [0.25, 0.3) is 0 Å². The summed E-state index contributed by atoms with van der Waals surface area (Å²) in [6, 6.07) is 4.15. The monoisotopic (exact) mass is 208 g/mol. The van der Waals surface area contributed by atoms with Crippen molar-refractivity contribution in [3.8, 4) is 0 Å².